The minimum absolute atomic E-state index is 0.259. The van der Waals surface area contributed by atoms with Gasteiger partial charge < -0.3 is 4.74 Å². The molecule has 0 saturated heterocycles. The van der Waals surface area contributed by atoms with Crippen LogP contribution in [0.25, 0.3) is 15.5 Å². The van der Waals surface area contributed by atoms with Crippen LogP contribution in [0, 0.1) is 12.3 Å². The molecule has 3 rings (SSSR count). The van der Waals surface area contributed by atoms with Crippen LogP contribution in [0.1, 0.15) is 19.2 Å². The molecular weight excluding hydrogens is 284 g/mol. The highest BCUT2D eigenvalue weighted by molar-refractivity contribution is 7.19. The van der Waals surface area contributed by atoms with Crippen molar-refractivity contribution >= 4 is 16.3 Å². The van der Waals surface area contributed by atoms with E-state index in [2.05, 4.69) is 28.1 Å². The molecule has 0 unspecified atom stereocenters. The minimum Gasteiger partial charge on any atom is -0.481 e. The highest BCUT2D eigenvalue weighted by Crippen LogP contribution is 2.28. The number of aromatic nitrogens is 4. The van der Waals surface area contributed by atoms with E-state index < -0.39 is 0 Å². The second-order valence-electron chi connectivity index (χ2n) is 4.49. The van der Waals surface area contributed by atoms with E-state index in [1.807, 2.05) is 28.8 Å². The summed E-state index contributed by atoms with van der Waals surface area (Å²) >= 11 is 1.51. The maximum absolute atomic E-state index is 5.44. The number of nitrogens with zero attached hydrogens (tertiary/aromatic N) is 4. The van der Waals surface area contributed by atoms with Gasteiger partial charge in [-0.05, 0) is 18.6 Å². The van der Waals surface area contributed by atoms with Crippen LogP contribution in [0.3, 0.4) is 0 Å². The summed E-state index contributed by atoms with van der Waals surface area (Å²) in [6, 6.07) is 7.73. The number of benzene rings is 1. The molecule has 0 aliphatic carbocycles. The molecule has 0 fully saturated rings. The maximum atomic E-state index is 5.44. The predicted octanol–water partition coefficient (Wildman–Crippen LogP) is 2.82. The van der Waals surface area contributed by atoms with Crippen LogP contribution < -0.4 is 4.74 Å². The average molecular weight is 298 g/mol. The highest BCUT2D eigenvalue weighted by Gasteiger charge is 2.12. The van der Waals surface area contributed by atoms with Gasteiger partial charge in [0.25, 0.3) is 0 Å². The number of fused-ring (bicyclic) bond motifs is 1. The van der Waals surface area contributed by atoms with Gasteiger partial charge in [-0.3, -0.25) is 0 Å². The Labute approximate surface area is 126 Å². The van der Waals surface area contributed by atoms with Gasteiger partial charge >= 0.3 is 0 Å². The first-order valence-corrected chi connectivity index (χ1v) is 7.51. The van der Waals surface area contributed by atoms with Crippen molar-refractivity contribution in [2.24, 2.45) is 0 Å². The second-order valence-corrected chi connectivity index (χ2v) is 5.44. The van der Waals surface area contributed by atoms with Crippen molar-refractivity contribution in [3.05, 3.63) is 30.1 Å². The lowest BCUT2D eigenvalue weighted by Gasteiger charge is -2.03. The number of aryl methyl sites for hydroxylation is 1. The van der Waals surface area contributed by atoms with Gasteiger partial charge in [-0.1, -0.05) is 36.3 Å². The van der Waals surface area contributed by atoms with Crippen molar-refractivity contribution in [1.82, 2.24) is 19.8 Å². The molecule has 0 atom stereocenters. The number of hydrogen-bond acceptors (Lipinski definition) is 5. The standard InChI is InChI=1S/C15H14N4OS/c1-3-6-13-16-17-15-19(13)18-14(21-15)11-7-5-8-12(10-11)20-9-4-2/h2,5,7-8,10H,3,6,9H2,1H3. The van der Waals surface area contributed by atoms with E-state index in [9.17, 15) is 0 Å². The summed E-state index contributed by atoms with van der Waals surface area (Å²) in [5, 5.41) is 13.8. The third-order valence-corrected chi connectivity index (χ3v) is 3.88. The Morgan fingerprint density at radius 3 is 3.10 bits per heavy atom. The summed E-state index contributed by atoms with van der Waals surface area (Å²) in [6.07, 6.45) is 7.09. The molecule has 0 amide bonds. The topological polar surface area (TPSA) is 52.3 Å². The highest BCUT2D eigenvalue weighted by atomic mass is 32.1. The molecule has 5 nitrogen and oxygen atoms in total. The molecule has 3 aromatic rings. The smallest absolute Gasteiger partial charge is 0.234 e. The first kappa shape index (κ1) is 13.6. The van der Waals surface area contributed by atoms with Crippen LogP contribution in [0.5, 0.6) is 5.75 Å². The number of ether oxygens (including phenoxy) is 1. The number of rotatable bonds is 5. The third-order valence-electron chi connectivity index (χ3n) is 2.93. The van der Waals surface area contributed by atoms with Crippen molar-refractivity contribution in [3.63, 3.8) is 0 Å². The molecule has 0 N–H and O–H groups in total. The molecule has 106 valence electrons. The monoisotopic (exact) mass is 298 g/mol. The van der Waals surface area contributed by atoms with E-state index in [0.29, 0.717) is 0 Å². The van der Waals surface area contributed by atoms with Gasteiger partial charge in [0.05, 0.1) is 0 Å². The Hall–Kier alpha value is -2.39. The lowest BCUT2D eigenvalue weighted by Crippen LogP contribution is -1.95. The van der Waals surface area contributed by atoms with Gasteiger partial charge in [0.1, 0.15) is 17.4 Å². The van der Waals surface area contributed by atoms with Crippen LogP contribution in [0.15, 0.2) is 24.3 Å². The van der Waals surface area contributed by atoms with Gasteiger partial charge in [0.2, 0.25) is 4.96 Å². The van der Waals surface area contributed by atoms with Crippen molar-refractivity contribution in [1.29, 1.82) is 0 Å². The molecule has 0 bridgehead atoms. The van der Waals surface area contributed by atoms with Crippen LogP contribution in [0.4, 0.5) is 0 Å². The van der Waals surface area contributed by atoms with E-state index in [1.165, 1.54) is 11.3 Å². The van der Waals surface area contributed by atoms with Crippen LogP contribution in [-0.4, -0.2) is 26.4 Å². The van der Waals surface area contributed by atoms with E-state index in [4.69, 9.17) is 11.2 Å². The second kappa shape index (κ2) is 5.94. The predicted molar refractivity (Wildman–Crippen MR) is 82.4 cm³/mol. The van der Waals surface area contributed by atoms with Crippen molar-refractivity contribution in [2.45, 2.75) is 19.8 Å². The SMILES string of the molecule is C#CCOc1cccc(-c2nn3c(CCC)nnc3s2)c1. The molecule has 0 aliphatic heterocycles. The Bertz CT molecular complexity index is 799. The van der Waals surface area contributed by atoms with E-state index >= 15 is 0 Å². The molecule has 21 heavy (non-hydrogen) atoms. The first-order chi connectivity index (χ1) is 10.3. The van der Waals surface area contributed by atoms with Crippen LogP contribution in [0.2, 0.25) is 0 Å². The molecule has 0 radical (unpaired) electrons. The summed E-state index contributed by atoms with van der Waals surface area (Å²) in [6.45, 7) is 2.37. The summed E-state index contributed by atoms with van der Waals surface area (Å²) in [7, 11) is 0. The lowest BCUT2D eigenvalue weighted by atomic mass is 10.2. The zero-order valence-electron chi connectivity index (χ0n) is 11.6. The molecule has 6 heteroatoms. The van der Waals surface area contributed by atoms with Gasteiger partial charge in [-0.15, -0.1) is 16.6 Å². The first-order valence-electron chi connectivity index (χ1n) is 6.69. The van der Waals surface area contributed by atoms with E-state index in [1.54, 1.807) is 0 Å². The summed E-state index contributed by atoms with van der Waals surface area (Å²) in [4.78, 5) is 0.809. The lowest BCUT2D eigenvalue weighted by molar-refractivity contribution is 0.370. The molecule has 2 aromatic heterocycles. The maximum Gasteiger partial charge on any atom is 0.234 e. The van der Waals surface area contributed by atoms with Crippen molar-refractivity contribution < 1.29 is 4.74 Å². The van der Waals surface area contributed by atoms with Gasteiger partial charge in [0.15, 0.2) is 5.82 Å². The Morgan fingerprint density at radius 2 is 2.29 bits per heavy atom. The quantitative estimate of drug-likeness (QED) is 0.680. The van der Waals surface area contributed by atoms with Gasteiger partial charge in [0, 0.05) is 12.0 Å². The fourth-order valence-electron chi connectivity index (χ4n) is 2.00. The van der Waals surface area contributed by atoms with Crippen LogP contribution in [-0.2, 0) is 6.42 Å². The van der Waals surface area contributed by atoms with Gasteiger partial charge in [-0.25, -0.2) is 0 Å². The number of terminal acetylenes is 1. The summed E-state index contributed by atoms with van der Waals surface area (Å²) < 4.78 is 7.26. The van der Waals surface area contributed by atoms with Gasteiger partial charge in [-0.2, -0.15) is 9.61 Å². The Balaban J connectivity index is 1.94. The number of hydrogen-bond donors (Lipinski definition) is 0. The summed E-state index contributed by atoms with van der Waals surface area (Å²) in [5.41, 5.74) is 0.988. The molecule has 0 saturated carbocycles. The van der Waals surface area contributed by atoms with Crippen molar-refractivity contribution in [3.8, 4) is 28.7 Å². The molecule has 1 aromatic carbocycles. The largest absolute Gasteiger partial charge is 0.481 e. The van der Waals surface area contributed by atoms with E-state index in [-0.39, 0.29) is 6.61 Å². The zero-order chi connectivity index (χ0) is 14.7. The third kappa shape index (κ3) is 2.73. The molecule has 2 heterocycles. The molecular formula is C15H14N4OS. The zero-order valence-corrected chi connectivity index (χ0v) is 12.4. The summed E-state index contributed by atoms with van der Waals surface area (Å²) in [5.74, 6) is 4.10. The normalized spacial score (nSPS) is 10.7. The Morgan fingerprint density at radius 1 is 1.38 bits per heavy atom. The fourth-order valence-corrected chi connectivity index (χ4v) is 2.85. The Kier molecular flexibility index (Phi) is 3.84. The van der Waals surface area contributed by atoms with E-state index in [0.717, 1.165) is 39.9 Å². The van der Waals surface area contributed by atoms with Crippen LogP contribution >= 0.6 is 11.3 Å². The fraction of sp³-hybridized carbons (Fsp3) is 0.267. The molecule has 0 spiro atoms. The average Bonchev–Trinajstić information content (AvgIpc) is 3.08. The van der Waals surface area contributed by atoms with Crippen molar-refractivity contribution in [2.75, 3.05) is 6.61 Å². The molecule has 0 aliphatic rings. The minimum atomic E-state index is 0.259.